The third-order valence-corrected chi connectivity index (χ3v) is 6.98. The van der Waals surface area contributed by atoms with Crippen LogP contribution < -0.4 is 10.6 Å². The largest absolute Gasteiger partial charge is 0.356 e. The molecule has 148 valence electrons. The van der Waals surface area contributed by atoms with Gasteiger partial charge in [-0.2, -0.15) is 0 Å². The Morgan fingerprint density at radius 1 is 1.37 bits per heavy atom. The highest BCUT2D eigenvalue weighted by atomic mass is 32.1. The van der Waals surface area contributed by atoms with Gasteiger partial charge in [0.15, 0.2) is 5.96 Å². The fourth-order valence-corrected chi connectivity index (χ4v) is 5.54. The number of nitrogens with zero attached hydrogens (tertiary/aromatic N) is 3. The van der Waals surface area contributed by atoms with E-state index in [0.717, 1.165) is 24.1 Å². The van der Waals surface area contributed by atoms with E-state index >= 15 is 0 Å². The van der Waals surface area contributed by atoms with Crippen LogP contribution >= 0.6 is 22.7 Å². The molecule has 3 heterocycles. The van der Waals surface area contributed by atoms with Crippen molar-refractivity contribution in [2.45, 2.75) is 45.2 Å². The Balaban J connectivity index is 1.54. The molecule has 0 aliphatic carbocycles. The second-order valence-electron chi connectivity index (χ2n) is 7.47. The van der Waals surface area contributed by atoms with Gasteiger partial charge in [-0.3, -0.25) is 9.89 Å². The molecule has 0 radical (unpaired) electrons. The summed E-state index contributed by atoms with van der Waals surface area (Å²) in [5.41, 5.74) is 1.17. The molecule has 0 amide bonds. The van der Waals surface area contributed by atoms with Gasteiger partial charge in [0.05, 0.1) is 12.2 Å². The highest BCUT2D eigenvalue weighted by molar-refractivity contribution is 7.10. The quantitative estimate of drug-likeness (QED) is 0.562. The molecule has 7 heteroatoms. The van der Waals surface area contributed by atoms with Crippen LogP contribution in [0, 0.1) is 5.92 Å². The number of rotatable bonds is 6. The van der Waals surface area contributed by atoms with Crippen molar-refractivity contribution < 1.29 is 0 Å². The van der Waals surface area contributed by atoms with Gasteiger partial charge >= 0.3 is 0 Å². The van der Waals surface area contributed by atoms with Gasteiger partial charge in [0, 0.05) is 29.9 Å². The maximum absolute atomic E-state index is 4.69. The van der Waals surface area contributed by atoms with E-state index in [4.69, 9.17) is 0 Å². The molecule has 1 aliphatic rings. The highest BCUT2D eigenvalue weighted by Gasteiger charge is 2.31. The van der Waals surface area contributed by atoms with E-state index in [-0.39, 0.29) is 0 Å². The van der Waals surface area contributed by atoms with E-state index in [2.05, 4.69) is 69.3 Å². The van der Waals surface area contributed by atoms with Gasteiger partial charge in [-0.15, -0.1) is 22.7 Å². The van der Waals surface area contributed by atoms with Crippen molar-refractivity contribution in [3.63, 3.8) is 0 Å². The summed E-state index contributed by atoms with van der Waals surface area (Å²) in [7, 11) is 4.08. The molecule has 1 saturated heterocycles. The molecule has 2 N–H and O–H groups in total. The monoisotopic (exact) mass is 405 g/mol. The fourth-order valence-electron chi connectivity index (χ4n) is 3.66. The molecular formula is C20H31N5S2. The normalized spacial score (nSPS) is 21.6. The van der Waals surface area contributed by atoms with Crippen molar-refractivity contribution in [1.29, 1.82) is 0 Å². The zero-order valence-electron chi connectivity index (χ0n) is 16.7. The van der Waals surface area contributed by atoms with Crippen molar-refractivity contribution >= 4 is 28.6 Å². The third kappa shape index (κ3) is 5.30. The Kier molecular flexibility index (Phi) is 7.26. The molecule has 2 unspecified atom stereocenters. The molecule has 1 fully saturated rings. The molecule has 0 saturated carbocycles. The van der Waals surface area contributed by atoms with Crippen LogP contribution in [-0.4, -0.2) is 43.0 Å². The van der Waals surface area contributed by atoms with E-state index in [9.17, 15) is 0 Å². The first-order chi connectivity index (χ1) is 13.1. The second-order valence-corrected chi connectivity index (χ2v) is 9.39. The van der Waals surface area contributed by atoms with Crippen LogP contribution in [0.3, 0.4) is 0 Å². The van der Waals surface area contributed by atoms with Crippen LogP contribution in [0.25, 0.3) is 0 Å². The van der Waals surface area contributed by atoms with Crippen LogP contribution in [-0.2, 0) is 6.54 Å². The summed E-state index contributed by atoms with van der Waals surface area (Å²) < 4.78 is 0. The molecule has 27 heavy (non-hydrogen) atoms. The summed E-state index contributed by atoms with van der Waals surface area (Å²) in [4.78, 5) is 13.1. The molecule has 2 aromatic heterocycles. The fraction of sp³-hybridized carbons (Fsp3) is 0.600. The lowest BCUT2D eigenvalue weighted by atomic mass is 9.88. The lowest BCUT2D eigenvalue weighted by Crippen LogP contribution is -2.44. The van der Waals surface area contributed by atoms with E-state index in [1.165, 1.54) is 30.0 Å². The Hall–Kier alpha value is -1.44. The molecule has 5 nitrogen and oxygen atoms in total. The topological polar surface area (TPSA) is 52.6 Å². The minimum atomic E-state index is 0.477. The Labute approximate surface area is 170 Å². The summed E-state index contributed by atoms with van der Waals surface area (Å²) in [5, 5.41) is 12.4. The number of likely N-dealkylation sites (tertiary alicyclic amines) is 1. The van der Waals surface area contributed by atoms with Gasteiger partial charge in [-0.25, -0.2) is 4.98 Å². The van der Waals surface area contributed by atoms with Gasteiger partial charge in [0.25, 0.3) is 0 Å². The zero-order chi connectivity index (χ0) is 19.2. The minimum absolute atomic E-state index is 0.477. The third-order valence-electron chi connectivity index (χ3n) is 5.17. The van der Waals surface area contributed by atoms with Crippen LogP contribution in [0.15, 0.2) is 27.9 Å². The van der Waals surface area contributed by atoms with E-state index in [1.54, 1.807) is 11.3 Å². The van der Waals surface area contributed by atoms with Crippen LogP contribution in [0.4, 0.5) is 0 Å². The molecule has 0 spiro atoms. The first-order valence-electron chi connectivity index (χ1n) is 9.71. The van der Waals surface area contributed by atoms with Gasteiger partial charge < -0.3 is 10.6 Å². The smallest absolute Gasteiger partial charge is 0.191 e. The molecule has 0 aromatic carbocycles. The van der Waals surface area contributed by atoms with Gasteiger partial charge in [0.2, 0.25) is 0 Å². The predicted octanol–water partition coefficient (Wildman–Crippen LogP) is 4.08. The van der Waals surface area contributed by atoms with E-state index in [1.807, 2.05) is 18.4 Å². The van der Waals surface area contributed by atoms with Crippen molar-refractivity contribution in [2.24, 2.45) is 10.9 Å². The molecule has 2 aromatic rings. The molecule has 3 rings (SSSR count). The Bertz CT molecular complexity index is 723. The maximum Gasteiger partial charge on any atom is 0.191 e. The summed E-state index contributed by atoms with van der Waals surface area (Å²) >= 11 is 3.58. The summed E-state index contributed by atoms with van der Waals surface area (Å²) in [5.74, 6) is 1.92. The molecule has 2 atom stereocenters. The number of guanidine groups is 1. The summed E-state index contributed by atoms with van der Waals surface area (Å²) in [6, 6.07) is 4.93. The van der Waals surface area contributed by atoms with Crippen LogP contribution in [0.5, 0.6) is 0 Å². The average Bonchev–Trinajstić information content (AvgIpc) is 3.34. The lowest BCUT2D eigenvalue weighted by molar-refractivity contribution is 0.125. The number of hydrogen-bond donors (Lipinski definition) is 2. The van der Waals surface area contributed by atoms with Gasteiger partial charge in [0.1, 0.15) is 5.01 Å². The predicted molar refractivity (Wildman–Crippen MR) is 117 cm³/mol. The van der Waals surface area contributed by atoms with E-state index < -0.39 is 0 Å². The Morgan fingerprint density at radius 3 is 2.89 bits per heavy atom. The van der Waals surface area contributed by atoms with Crippen molar-refractivity contribution in [3.05, 3.63) is 38.5 Å². The number of aliphatic imine (C=N–C) groups is 1. The van der Waals surface area contributed by atoms with Gasteiger partial charge in [-0.05, 0) is 49.7 Å². The maximum atomic E-state index is 4.69. The van der Waals surface area contributed by atoms with Crippen molar-refractivity contribution in [1.82, 2.24) is 20.5 Å². The number of thiophene rings is 1. The number of aromatic nitrogens is 1. The first kappa shape index (κ1) is 20.3. The van der Waals surface area contributed by atoms with Crippen molar-refractivity contribution in [3.8, 4) is 0 Å². The molecular weight excluding hydrogens is 374 g/mol. The number of thiazole rings is 1. The number of nitrogens with one attached hydrogen (secondary N) is 2. The Morgan fingerprint density at radius 2 is 2.22 bits per heavy atom. The molecule has 0 bridgehead atoms. The minimum Gasteiger partial charge on any atom is -0.356 e. The van der Waals surface area contributed by atoms with Crippen molar-refractivity contribution in [2.75, 3.05) is 27.2 Å². The zero-order valence-corrected chi connectivity index (χ0v) is 18.4. The van der Waals surface area contributed by atoms with Gasteiger partial charge in [-0.1, -0.05) is 19.9 Å². The van der Waals surface area contributed by atoms with Crippen LogP contribution in [0.2, 0.25) is 0 Å². The summed E-state index contributed by atoms with van der Waals surface area (Å²) in [6.07, 6.45) is 2.51. The van der Waals surface area contributed by atoms with Crippen LogP contribution in [0.1, 0.15) is 54.2 Å². The lowest BCUT2D eigenvalue weighted by Gasteiger charge is -2.39. The number of hydrogen-bond acceptors (Lipinski definition) is 5. The first-order valence-corrected chi connectivity index (χ1v) is 11.5. The standard InChI is InChI=1S/C20H31N5S2/c1-14(2)16-13-27-18(24-16)12-23-20(21-3)22-11-15-7-5-9-25(4)19(15)17-8-6-10-26-17/h6,8,10,13-15,19H,5,7,9,11-12H2,1-4H3,(H2,21,22,23). The molecule has 1 aliphatic heterocycles. The summed E-state index contributed by atoms with van der Waals surface area (Å²) in [6.45, 7) is 7.18. The second kappa shape index (κ2) is 9.66. The highest BCUT2D eigenvalue weighted by Crippen LogP contribution is 2.36. The van der Waals surface area contributed by atoms with E-state index in [0.29, 0.717) is 17.9 Å². The SMILES string of the molecule is CN=C(NCc1nc(C(C)C)cs1)NCC1CCCN(C)C1c1cccs1. The average molecular weight is 406 g/mol. The number of piperidine rings is 1.